The monoisotopic (exact) mass is 206 g/mol. The van der Waals surface area contributed by atoms with Gasteiger partial charge in [0.1, 0.15) is 0 Å². The van der Waals surface area contributed by atoms with Gasteiger partial charge in [-0.25, -0.2) is 0 Å². The van der Waals surface area contributed by atoms with E-state index in [0.29, 0.717) is 12.5 Å². The molecule has 15 heavy (non-hydrogen) atoms. The summed E-state index contributed by atoms with van der Waals surface area (Å²) in [6.07, 6.45) is 1.08. The quantitative estimate of drug-likeness (QED) is 0.719. The lowest BCUT2D eigenvalue weighted by Crippen LogP contribution is -2.20. The maximum Gasteiger partial charge on any atom is 0.0476 e. The first kappa shape index (κ1) is 10.3. The molecule has 2 rings (SSSR count). The highest BCUT2D eigenvalue weighted by Crippen LogP contribution is 2.26. The van der Waals surface area contributed by atoms with Gasteiger partial charge in [-0.2, -0.15) is 0 Å². The van der Waals surface area contributed by atoms with E-state index >= 15 is 0 Å². The van der Waals surface area contributed by atoms with Crippen LogP contribution in [0.15, 0.2) is 18.2 Å². The number of hydrogen-bond donors (Lipinski definition) is 2. The number of nitrogen functional groups attached to an aromatic ring is 1. The van der Waals surface area contributed by atoms with E-state index in [0.717, 1.165) is 30.8 Å². The second kappa shape index (κ2) is 4.11. The van der Waals surface area contributed by atoms with E-state index in [9.17, 15) is 0 Å². The first-order valence-corrected chi connectivity index (χ1v) is 5.42. The number of anilines is 2. The largest absolute Gasteiger partial charge is 0.399 e. The smallest absolute Gasteiger partial charge is 0.0476 e. The van der Waals surface area contributed by atoms with Crippen LogP contribution in [-0.4, -0.2) is 24.8 Å². The molecule has 1 aromatic carbocycles. The summed E-state index contributed by atoms with van der Waals surface area (Å²) in [6.45, 7) is 4.32. The third-order valence-corrected chi connectivity index (χ3v) is 3.16. The summed E-state index contributed by atoms with van der Waals surface area (Å²) in [5, 5.41) is 9.08. The summed E-state index contributed by atoms with van der Waals surface area (Å²) >= 11 is 0. The predicted octanol–water partition coefficient (Wildman–Crippen LogP) is 1.40. The van der Waals surface area contributed by atoms with E-state index in [-0.39, 0.29) is 0 Å². The molecule has 0 aromatic heterocycles. The van der Waals surface area contributed by atoms with Crippen molar-refractivity contribution in [2.45, 2.75) is 13.3 Å². The number of aliphatic hydroxyl groups is 1. The van der Waals surface area contributed by atoms with Crippen molar-refractivity contribution in [2.24, 2.45) is 5.92 Å². The van der Waals surface area contributed by atoms with E-state index in [1.54, 1.807) is 0 Å². The van der Waals surface area contributed by atoms with Crippen molar-refractivity contribution in [1.29, 1.82) is 0 Å². The Balaban J connectivity index is 2.13. The van der Waals surface area contributed by atoms with Gasteiger partial charge >= 0.3 is 0 Å². The summed E-state index contributed by atoms with van der Waals surface area (Å²) in [7, 11) is 0. The molecule has 1 aromatic rings. The molecule has 1 heterocycles. The molecule has 0 bridgehead atoms. The topological polar surface area (TPSA) is 49.5 Å². The van der Waals surface area contributed by atoms with E-state index in [1.165, 1.54) is 5.69 Å². The van der Waals surface area contributed by atoms with Crippen LogP contribution in [0.25, 0.3) is 0 Å². The van der Waals surface area contributed by atoms with Crippen LogP contribution in [0.1, 0.15) is 12.0 Å². The molecule has 1 unspecified atom stereocenters. The molecular formula is C12H18N2O. The van der Waals surface area contributed by atoms with Gasteiger partial charge in [0.15, 0.2) is 0 Å². The lowest BCUT2D eigenvalue weighted by Gasteiger charge is -2.19. The SMILES string of the molecule is Cc1cc(N2CCC(CO)C2)ccc1N. The van der Waals surface area contributed by atoms with Crippen molar-refractivity contribution in [1.82, 2.24) is 0 Å². The fraction of sp³-hybridized carbons (Fsp3) is 0.500. The molecule has 1 saturated heterocycles. The fourth-order valence-electron chi connectivity index (χ4n) is 2.07. The molecule has 0 radical (unpaired) electrons. The van der Waals surface area contributed by atoms with E-state index in [2.05, 4.69) is 17.0 Å². The van der Waals surface area contributed by atoms with Crippen LogP contribution >= 0.6 is 0 Å². The number of nitrogens with two attached hydrogens (primary N) is 1. The van der Waals surface area contributed by atoms with Crippen LogP contribution in [-0.2, 0) is 0 Å². The zero-order chi connectivity index (χ0) is 10.8. The number of rotatable bonds is 2. The molecule has 1 aliphatic heterocycles. The standard InChI is InChI=1S/C12H18N2O/c1-9-6-11(2-3-12(9)13)14-5-4-10(7-14)8-15/h2-3,6,10,15H,4-5,7-8,13H2,1H3. The Morgan fingerprint density at radius 3 is 2.93 bits per heavy atom. The zero-order valence-corrected chi connectivity index (χ0v) is 9.11. The Labute approximate surface area is 90.5 Å². The molecule has 3 heteroatoms. The van der Waals surface area contributed by atoms with Gasteiger partial charge in [0.25, 0.3) is 0 Å². The van der Waals surface area contributed by atoms with Gasteiger partial charge in [-0.1, -0.05) is 0 Å². The third-order valence-electron chi connectivity index (χ3n) is 3.16. The van der Waals surface area contributed by atoms with Crippen molar-refractivity contribution in [3.8, 4) is 0 Å². The van der Waals surface area contributed by atoms with Gasteiger partial charge in [-0.15, -0.1) is 0 Å². The third kappa shape index (κ3) is 2.07. The van der Waals surface area contributed by atoms with Gasteiger partial charge in [0.2, 0.25) is 0 Å². The number of hydrogen-bond acceptors (Lipinski definition) is 3. The van der Waals surface area contributed by atoms with Crippen molar-refractivity contribution in [3.05, 3.63) is 23.8 Å². The summed E-state index contributed by atoms with van der Waals surface area (Å²) in [5.41, 5.74) is 8.97. The van der Waals surface area contributed by atoms with Crippen LogP contribution in [0, 0.1) is 12.8 Å². The summed E-state index contributed by atoms with van der Waals surface area (Å²) in [4.78, 5) is 2.31. The van der Waals surface area contributed by atoms with Crippen molar-refractivity contribution in [2.75, 3.05) is 30.3 Å². The molecule has 3 nitrogen and oxygen atoms in total. The number of aryl methyl sites for hydroxylation is 1. The summed E-state index contributed by atoms with van der Waals surface area (Å²) in [5.74, 6) is 0.433. The zero-order valence-electron chi connectivity index (χ0n) is 9.11. The molecule has 1 atom stereocenters. The molecule has 0 amide bonds. The van der Waals surface area contributed by atoms with E-state index in [4.69, 9.17) is 10.8 Å². The average molecular weight is 206 g/mol. The Morgan fingerprint density at radius 2 is 2.33 bits per heavy atom. The number of nitrogens with zero attached hydrogens (tertiary/aromatic N) is 1. The lowest BCUT2D eigenvalue weighted by atomic mass is 10.1. The second-order valence-corrected chi connectivity index (χ2v) is 4.32. The number of aliphatic hydroxyl groups excluding tert-OH is 1. The lowest BCUT2D eigenvalue weighted by molar-refractivity contribution is 0.238. The molecular weight excluding hydrogens is 188 g/mol. The highest BCUT2D eigenvalue weighted by Gasteiger charge is 2.21. The van der Waals surface area contributed by atoms with Crippen molar-refractivity contribution < 1.29 is 5.11 Å². The fourth-order valence-corrected chi connectivity index (χ4v) is 2.07. The molecule has 1 fully saturated rings. The number of benzene rings is 1. The highest BCUT2D eigenvalue weighted by molar-refractivity contribution is 5.58. The van der Waals surface area contributed by atoms with E-state index in [1.807, 2.05) is 13.0 Å². The Kier molecular flexibility index (Phi) is 2.82. The van der Waals surface area contributed by atoms with Gasteiger partial charge < -0.3 is 15.7 Å². The summed E-state index contributed by atoms with van der Waals surface area (Å²) < 4.78 is 0. The van der Waals surface area contributed by atoms with Crippen LogP contribution in [0.2, 0.25) is 0 Å². The van der Waals surface area contributed by atoms with Crippen LogP contribution in [0.4, 0.5) is 11.4 Å². The highest BCUT2D eigenvalue weighted by atomic mass is 16.3. The minimum absolute atomic E-state index is 0.296. The molecule has 0 saturated carbocycles. The van der Waals surface area contributed by atoms with Crippen LogP contribution < -0.4 is 10.6 Å². The predicted molar refractivity (Wildman–Crippen MR) is 63.0 cm³/mol. The Bertz CT molecular complexity index is 351. The normalized spacial score (nSPS) is 20.9. The van der Waals surface area contributed by atoms with Gasteiger partial charge in [0, 0.05) is 37.0 Å². The minimum atomic E-state index is 0.296. The Hall–Kier alpha value is -1.22. The molecule has 1 aliphatic rings. The van der Waals surface area contributed by atoms with E-state index < -0.39 is 0 Å². The average Bonchev–Trinajstić information content (AvgIpc) is 2.70. The molecule has 0 spiro atoms. The van der Waals surface area contributed by atoms with Gasteiger partial charge in [-0.05, 0) is 37.1 Å². The Morgan fingerprint density at radius 1 is 1.53 bits per heavy atom. The van der Waals surface area contributed by atoms with Crippen LogP contribution in [0.3, 0.4) is 0 Å². The van der Waals surface area contributed by atoms with Gasteiger partial charge in [0.05, 0.1) is 0 Å². The summed E-state index contributed by atoms with van der Waals surface area (Å²) in [6, 6.07) is 6.13. The minimum Gasteiger partial charge on any atom is -0.399 e. The molecule has 0 aliphatic carbocycles. The second-order valence-electron chi connectivity index (χ2n) is 4.32. The maximum absolute atomic E-state index is 9.08. The van der Waals surface area contributed by atoms with Crippen LogP contribution in [0.5, 0.6) is 0 Å². The van der Waals surface area contributed by atoms with Crippen molar-refractivity contribution >= 4 is 11.4 Å². The first-order chi connectivity index (χ1) is 7.20. The van der Waals surface area contributed by atoms with Crippen molar-refractivity contribution in [3.63, 3.8) is 0 Å². The maximum atomic E-state index is 9.08. The first-order valence-electron chi connectivity index (χ1n) is 5.42. The van der Waals surface area contributed by atoms with Gasteiger partial charge in [-0.3, -0.25) is 0 Å². The molecule has 3 N–H and O–H groups in total. The molecule has 82 valence electrons.